The van der Waals surface area contributed by atoms with Gasteiger partial charge in [-0.1, -0.05) is 13.8 Å². The van der Waals surface area contributed by atoms with Gasteiger partial charge in [0.25, 0.3) is 0 Å². The quantitative estimate of drug-likeness (QED) is 0.750. The highest BCUT2D eigenvalue weighted by molar-refractivity contribution is 5.79. The highest BCUT2D eigenvalue weighted by atomic mass is 16.1. The number of nitrogens with zero attached hydrogens (tertiary/aromatic N) is 1. The van der Waals surface area contributed by atoms with Gasteiger partial charge in [-0.2, -0.15) is 0 Å². The maximum Gasteiger partial charge on any atom is 0.223 e. The van der Waals surface area contributed by atoms with Crippen molar-refractivity contribution >= 4 is 5.91 Å². The van der Waals surface area contributed by atoms with Gasteiger partial charge in [0.15, 0.2) is 0 Å². The smallest absolute Gasteiger partial charge is 0.223 e. The topological polar surface area (TPSA) is 58.4 Å². The molecule has 4 heteroatoms. The molecule has 3 N–H and O–H groups in total. The van der Waals surface area contributed by atoms with Crippen LogP contribution in [0.25, 0.3) is 0 Å². The number of hydrogen-bond acceptors (Lipinski definition) is 3. The minimum atomic E-state index is 0.141. The van der Waals surface area contributed by atoms with Gasteiger partial charge in [-0.05, 0) is 45.7 Å². The van der Waals surface area contributed by atoms with Gasteiger partial charge in [0.1, 0.15) is 0 Å². The van der Waals surface area contributed by atoms with Crippen LogP contribution in [-0.2, 0) is 4.79 Å². The summed E-state index contributed by atoms with van der Waals surface area (Å²) in [5, 5.41) is 3.10. The zero-order chi connectivity index (χ0) is 13.7. The fourth-order valence-electron chi connectivity index (χ4n) is 2.64. The Kier molecular flexibility index (Phi) is 6.09. The third-order valence-electron chi connectivity index (χ3n) is 3.83. The molecule has 0 spiro atoms. The van der Waals surface area contributed by atoms with Crippen molar-refractivity contribution < 1.29 is 4.79 Å². The zero-order valence-electron chi connectivity index (χ0n) is 12.3. The highest BCUT2D eigenvalue weighted by Crippen LogP contribution is 2.24. The van der Waals surface area contributed by atoms with E-state index in [2.05, 4.69) is 38.2 Å². The summed E-state index contributed by atoms with van der Waals surface area (Å²) in [6.07, 6.45) is 3.89. The predicted molar refractivity (Wildman–Crippen MR) is 75.3 cm³/mol. The van der Waals surface area contributed by atoms with E-state index >= 15 is 0 Å². The number of nitrogens with one attached hydrogen (secondary N) is 1. The Morgan fingerprint density at radius 3 is 2.50 bits per heavy atom. The number of likely N-dealkylation sites (N-methyl/N-ethyl adjacent to an activating group) is 1. The van der Waals surface area contributed by atoms with E-state index in [1.807, 2.05) is 0 Å². The molecule has 1 saturated carbocycles. The van der Waals surface area contributed by atoms with Gasteiger partial charge < -0.3 is 16.0 Å². The van der Waals surface area contributed by atoms with Crippen molar-refractivity contribution in [2.75, 3.05) is 20.6 Å². The molecule has 0 aromatic carbocycles. The number of carbonyl (C=O) groups is 1. The molecule has 0 bridgehead atoms. The Morgan fingerprint density at radius 2 is 2.06 bits per heavy atom. The van der Waals surface area contributed by atoms with Gasteiger partial charge in [0.2, 0.25) is 5.91 Å². The third-order valence-corrected chi connectivity index (χ3v) is 3.83. The van der Waals surface area contributed by atoms with Crippen LogP contribution < -0.4 is 11.1 Å². The van der Waals surface area contributed by atoms with Crippen LogP contribution in [0.5, 0.6) is 0 Å². The molecular formula is C14H29N3O. The lowest BCUT2D eigenvalue weighted by molar-refractivity contribution is -0.125. The molecule has 3 atom stereocenters. The molecular weight excluding hydrogens is 226 g/mol. The first-order valence-corrected chi connectivity index (χ1v) is 7.09. The third kappa shape index (κ3) is 4.94. The van der Waals surface area contributed by atoms with E-state index in [4.69, 9.17) is 5.73 Å². The van der Waals surface area contributed by atoms with Gasteiger partial charge in [0, 0.05) is 24.5 Å². The molecule has 3 unspecified atom stereocenters. The van der Waals surface area contributed by atoms with E-state index in [1.54, 1.807) is 0 Å². The second kappa shape index (κ2) is 7.10. The van der Waals surface area contributed by atoms with E-state index in [0.29, 0.717) is 12.0 Å². The molecule has 1 fully saturated rings. The lowest BCUT2D eigenvalue weighted by Gasteiger charge is -2.26. The summed E-state index contributed by atoms with van der Waals surface area (Å²) in [6, 6.07) is 0.644. The van der Waals surface area contributed by atoms with E-state index < -0.39 is 0 Å². The summed E-state index contributed by atoms with van der Waals surface area (Å²) in [6.45, 7) is 5.18. The van der Waals surface area contributed by atoms with Crippen molar-refractivity contribution in [3.05, 3.63) is 0 Å². The summed E-state index contributed by atoms with van der Waals surface area (Å²) >= 11 is 0. The van der Waals surface area contributed by atoms with Crippen LogP contribution in [0.1, 0.15) is 39.5 Å². The summed E-state index contributed by atoms with van der Waals surface area (Å²) in [5.41, 5.74) is 5.84. The van der Waals surface area contributed by atoms with Crippen LogP contribution in [0.15, 0.2) is 0 Å². The fraction of sp³-hybridized carbons (Fsp3) is 0.929. The van der Waals surface area contributed by atoms with E-state index in [1.165, 1.54) is 0 Å². The van der Waals surface area contributed by atoms with Gasteiger partial charge in [0.05, 0.1) is 0 Å². The van der Waals surface area contributed by atoms with Gasteiger partial charge in [-0.3, -0.25) is 4.79 Å². The van der Waals surface area contributed by atoms with E-state index in [0.717, 1.165) is 32.2 Å². The van der Waals surface area contributed by atoms with Gasteiger partial charge in [-0.25, -0.2) is 0 Å². The van der Waals surface area contributed by atoms with Crippen LogP contribution in [0, 0.1) is 11.8 Å². The molecule has 0 aromatic heterocycles. The van der Waals surface area contributed by atoms with Crippen LogP contribution in [-0.4, -0.2) is 43.5 Å². The first-order chi connectivity index (χ1) is 8.40. The van der Waals surface area contributed by atoms with Crippen molar-refractivity contribution in [2.45, 2.75) is 51.6 Å². The van der Waals surface area contributed by atoms with Crippen molar-refractivity contribution in [3.63, 3.8) is 0 Å². The summed E-state index contributed by atoms with van der Waals surface area (Å²) in [7, 11) is 4.15. The summed E-state index contributed by atoms with van der Waals surface area (Å²) in [4.78, 5) is 14.2. The second-order valence-electron chi connectivity index (χ2n) is 6.26. The largest absolute Gasteiger partial charge is 0.354 e. The molecule has 0 aliphatic heterocycles. The zero-order valence-corrected chi connectivity index (χ0v) is 12.3. The average molecular weight is 255 g/mol. The minimum absolute atomic E-state index is 0.141. The number of carbonyl (C=O) groups excluding carboxylic acids is 1. The maximum atomic E-state index is 12.0. The highest BCUT2D eigenvalue weighted by Gasteiger charge is 2.28. The average Bonchev–Trinajstić information content (AvgIpc) is 2.69. The maximum absolute atomic E-state index is 12.0. The Bertz CT molecular complexity index is 266. The fourth-order valence-corrected chi connectivity index (χ4v) is 2.64. The number of nitrogens with two attached hydrogens (primary N) is 1. The SMILES string of the molecule is CC(C)CC(CNC(=O)C1CCC(N)C1)N(C)C. The van der Waals surface area contributed by atoms with E-state index in [-0.39, 0.29) is 17.9 Å². The monoisotopic (exact) mass is 255 g/mol. The van der Waals surface area contributed by atoms with E-state index in [9.17, 15) is 4.79 Å². The molecule has 1 rings (SSSR count). The standard InChI is InChI=1S/C14H29N3O/c1-10(2)7-13(17(3)4)9-16-14(18)11-5-6-12(15)8-11/h10-13H,5-9,15H2,1-4H3,(H,16,18). The summed E-state index contributed by atoms with van der Waals surface area (Å²) in [5.74, 6) is 0.981. The Balaban J connectivity index is 2.35. The molecule has 1 aliphatic rings. The summed E-state index contributed by atoms with van der Waals surface area (Å²) < 4.78 is 0. The normalized spacial score (nSPS) is 25.7. The molecule has 0 radical (unpaired) electrons. The number of rotatable bonds is 6. The first-order valence-electron chi connectivity index (χ1n) is 7.09. The molecule has 1 amide bonds. The van der Waals surface area contributed by atoms with Crippen molar-refractivity contribution in [2.24, 2.45) is 17.6 Å². The van der Waals surface area contributed by atoms with Gasteiger partial charge in [-0.15, -0.1) is 0 Å². The molecule has 0 heterocycles. The van der Waals surface area contributed by atoms with Crippen molar-refractivity contribution in [1.29, 1.82) is 0 Å². The Labute approximate surface area is 111 Å². The molecule has 0 aromatic rings. The molecule has 0 saturated heterocycles. The van der Waals surface area contributed by atoms with Crippen LogP contribution in [0.4, 0.5) is 0 Å². The number of hydrogen-bond donors (Lipinski definition) is 2. The molecule has 18 heavy (non-hydrogen) atoms. The minimum Gasteiger partial charge on any atom is -0.354 e. The lowest BCUT2D eigenvalue weighted by atomic mass is 10.0. The predicted octanol–water partition coefficient (Wildman–Crippen LogP) is 1.21. The van der Waals surface area contributed by atoms with Crippen LogP contribution in [0.2, 0.25) is 0 Å². The Morgan fingerprint density at radius 1 is 1.39 bits per heavy atom. The second-order valence-corrected chi connectivity index (χ2v) is 6.26. The number of amides is 1. The first kappa shape index (κ1) is 15.4. The van der Waals surface area contributed by atoms with Crippen LogP contribution in [0.3, 0.4) is 0 Å². The van der Waals surface area contributed by atoms with Gasteiger partial charge >= 0.3 is 0 Å². The van der Waals surface area contributed by atoms with Crippen molar-refractivity contribution in [3.8, 4) is 0 Å². The van der Waals surface area contributed by atoms with Crippen molar-refractivity contribution in [1.82, 2.24) is 10.2 Å². The Hall–Kier alpha value is -0.610. The van der Waals surface area contributed by atoms with Crippen LogP contribution >= 0.6 is 0 Å². The molecule has 4 nitrogen and oxygen atoms in total. The molecule has 106 valence electrons. The molecule has 1 aliphatic carbocycles. The lowest BCUT2D eigenvalue weighted by Crippen LogP contribution is -2.42.